The Morgan fingerprint density at radius 3 is 2.62 bits per heavy atom. The summed E-state index contributed by atoms with van der Waals surface area (Å²) in [6.45, 7) is 4.05. The highest BCUT2D eigenvalue weighted by Gasteiger charge is 2.12. The molecule has 4 heteroatoms. The van der Waals surface area contributed by atoms with Crippen LogP contribution < -0.4 is 10.5 Å². The second-order valence-corrected chi connectivity index (χ2v) is 5.40. The fraction of sp³-hybridized carbons (Fsp3) is 0.412. The number of methoxy groups -OCH3 is 1. The highest BCUT2D eigenvalue weighted by atomic mass is 16.5. The molecule has 112 valence electrons. The van der Waals surface area contributed by atoms with E-state index in [1.807, 2.05) is 44.6 Å². The van der Waals surface area contributed by atoms with Crippen LogP contribution in [0.15, 0.2) is 30.7 Å². The van der Waals surface area contributed by atoms with E-state index in [4.69, 9.17) is 10.5 Å². The van der Waals surface area contributed by atoms with E-state index in [1.165, 1.54) is 5.56 Å². The van der Waals surface area contributed by atoms with Gasteiger partial charge in [0.05, 0.1) is 7.11 Å². The fourth-order valence-electron chi connectivity index (χ4n) is 2.53. The van der Waals surface area contributed by atoms with Crippen LogP contribution in [-0.4, -0.2) is 23.1 Å². The lowest BCUT2D eigenvalue weighted by Gasteiger charge is -2.15. The van der Waals surface area contributed by atoms with Gasteiger partial charge in [0.15, 0.2) is 0 Å². The van der Waals surface area contributed by atoms with Crippen molar-refractivity contribution in [2.24, 2.45) is 5.73 Å². The number of aryl methyl sites for hydroxylation is 2. The van der Waals surface area contributed by atoms with Crippen molar-refractivity contribution in [3.05, 3.63) is 53.1 Å². The first-order valence-electron chi connectivity index (χ1n) is 7.25. The molecule has 1 unspecified atom stereocenters. The van der Waals surface area contributed by atoms with Gasteiger partial charge < -0.3 is 10.5 Å². The van der Waals surface area contributed by atoms with Crippen LogP contribution in [0.25, 0.3) is 0 Å². The van der Waals surface area contributed by atoms with Gasteiger partial charge in [-0.1, -0.05) is 0 Å². The summed E-state index contributed by atoms with van der Waals surface area (Å²) in [7, 11) is 1.70. The average Bonchev–Trinajstić information content (AvgIpc) is 2.50. The van der Waals surface area contributed by atoms with Crippen molar-refractivity contribution in [2.45, 2.75) is 39.2 Å². The van der Waals surface area contributed by atoms with Crippen molar-refractivity contribution in [1.29, 1.82) is 0 Å². The average molecular weight is 285 g/mol. The van der Waals surface area contributed by atoms with Crippen LogP contribution in [0.1, 0.15) is 28.8 Å². The minimum absolute atomic E-state index is 0.0942. The third-order valence-electron chi connectivity index (χ3n) is 3.76. The molecular formula is C17H23N3O. The molecule has 0 radical (unpaired) electrons. The summed E-state index contributed by atoms with van der Waals surface area (Å²) in [5.41, 5.74) is 10.7. The molecule has 0 aliphatic heterocycles. The van der Waals surface area contributed by atoms with Crippen molar-refractivity contribution in [1.82, 2.24) is 9.97 Å². The van der Waals surface area contributed by atoms with Gasteiger partial charge in [0, 0.05) is 47.9 Å². The van der Waals surface area contributed by atoms with E-state index in [0.29, 0.717) is 0 Å². The van der Waals surface area contributed by atoms with Gasteiger partial charge in [-0.3, -0.25) is 9.97 Å². The Morgan fingerprint density at radius 1 is 1.24 bits per heavy atom. The Hall–Kier alpha value is -1.94. The van der Waals surface area contributed by atoms with Crippen molar-refractivity contribution < 1.29 is 4.74 Å². The molecule has 0 aliphatic rings. The highest BCUT2D eigenvalue weighted by Crippen LogP contribution is 2.24. The quantitative estimate of drug-likeness (QED) is 0.886. The van der Waals surface area contributed by atoms with E-state index in [1.54, 1.807) is 7.11 Å². The molecule has 0 amide bonds. The molecule has 1 atom stereocenters. The van der Waals surface area contributed by atoms with E-state index in [9.17, 15) is 0 Å². The van der Waals surface area contributed by atoms with Crippen LogP contribution in [0.4, 0.5) is 0 Å². The Bertz CT molecular complexity index is 584. The molecule has 2 rings (SSSR count). The summed E-state index contributed by atoms with van der Waals surface area (Å²) < 4.78 is 5.44. The van der Waals surface area contributed by atoms with Crippen molar-refractivity contribution in [3.8, 4) is 5.75 Å². The molecule has 2 aromatic heterocycles. The minimum atomic E-state index is 0.0942. The largest absolute Gasteiger partial charge is 0.496 e. The van der Waals surface area contributed by atoms with Gasteiger partial charge in [0.25, 0.3) is 0 Å². The Balaban J connectivity index is 1.98. The van der Waals surface area contributed by atoms with E-state index in [2.05, 4.69) is 9.97 Å². The normalized spacial score (nSPS) is 12.2. The summed E-state index contributed by atoms with van der Waals surface area (Å²) in [5, 5.41) is 0. The maximum atomic E-state index is 6.26. The minimum Gasteiger partial charge on any atom is -0.496 e. The number of hydrogen-bond acceptors (Lipinski definition) is 4. The van der Waals surface area contributed by atoms with Crippen molar-refractivity contribution >= 4 is 0 Å². The van der Waals surface area contributed by atoms with Crippen LogP contribution in [0.3, 0.4) is 0 Å². The van der Waals surface area contributed by atoms with Crippen LogP contribution in [0.2, 0.25) is 0 Å². The topological polar surface area (TPSA) is 61.0 Å². The number of nitrogens with two attached hydrogens (primary N) is 1. The molecule has 0 spiro atoms. The van der Waals surface area contributed by atoms with Gasteiger partial charge in [0.2, 0.25) is 0 Å². The Labute approximate surface area is 126 Å². The maximum Gasteiger partial charge on any atom is 0.128 e. The van der Waals surface area contributed by atoms with Gasteiger partial charge in [-0.15, -0.1) is 0 Å². The zero-order valence-electron chi connectivity index (χ0n) is 13.0. The third kappa shape index (κ3) is 4.02. The first-order chi connectivity index (χ1) is 10.1. The number of nitrogens with zero attached hydrogens (tertiary/aromatic N) is 2. The van der Waals surface area contributed by atoms with Crippen molar-refractivity contribution in [2.75, 3.05) is 7.11 Å². The maximum absolute atomic E-state index is 6.26. The SMILES string of the molecule is COc1c(C)cnc(CC(N)CCc2ccncc2)c1C. The van der Waals surface area contributed by atoms with Crippen LogP contribution in [0.5, 0.6) is 5.75 Å². The van der Waals surface area contributed by atoms with Gasteiger partial charge in [-0.25, -0.2) is 0 Å². The zero-order valence-corrected chi connectivity index (χ0v) is 13.0. The van der Waals surface area contributed by atoms with Gasteiger partial charge in [0.1, 0.15) is 5.75 Å². The van der Waals surface area contributed by atoms with Crippen LogP contribution >= 0.6 is 0 Å². The van der Waals surface area contributed by atoms with E-state index < -0.39 is 0 Å². The van der Waals surface area contributed by atoms with Gasteiger partial charge in [-0.2, -0.15) is 0 Å². The Morgan fingerprint density at radius 2 is 1.95 bits per heavy atom. The molecule has 2 heterocycles. The fourth-order valence-corrected chi connectivity index (χ4v) is 2.53. The zero-order chi connectivity index (χ0) is 15.2. The molecule has 0 aliphatic carbocycles. The number of rotatable bonds is 6. The third-order valence-corrected chi connectivity index (χ3v) is 3.76. The van der Waals surface area contributed by atoms with Crippen LogP contribution in [0, 0.1) is 13.8 Å². The molecule has 2 aromatic rings. The van der Waals surface area contributed by atoms with Gasteiger partial charge >= 0.3 is 0 Å². The second kappa shape index (κ2) is 7.18. The van der Waals surface area contributed by atoms with E-state index in [-0.39, 0.29) is 6.04 Å². The molecule has 0 fully saturated rings. The second-order valence-electron chi connectivity index (χ2n) is 5.40. The van der Waals surface area contributed by atoms with Gasteiger partial charge in [-0.05, 0) is 44.4 Å². The summed E-state index contributed by atoms with van der Waals surface area (Å²) in [4.78, 5) is 8.54. The van der Waals surface area contributed by atoms with Crippen LogP contribution in [-0.2, 0) is 12.8 Å². The molecule has 4 nitrogen and oxygen atoms in total. The highest BCUT2D eigenvalue weighted by molar-refractivity contribution is 5.41. The predicted octanol–water partition coefficient (Wildman–Crippen LogP) is 2.60. The first-order valence-corrected chi connectivity index (χ1v) is 7.25. The Kier molecular flexibility index (Phi) is 5.28. The van der Waals surface area contributed by atoms with Crippen molar-refractivity contribution in [3.63, 3.8) is 0 Å². The van der Waals surface area contributed by atoms with E-state index >= 15 is 0 Å². The molecule has 0 bridgehead atoms. The lowest BCUT2D eigenvalue weighted by Crippen LogP contribution is -2.24. The molecule has 2 N–H and O–H groups in total. The molecular weight excluding hydrogens is 262 g/mol. The number of ether oxygens (including phenoxy) is 1. The van der Waals surface area contributed by atoms with E-state index in [0.717, 1.165) is 41.8 Å². The predicted molar refractivity (Wildman–Crippen MR) is 84.5 cm³/mol. The first kappa shape index (κ1) is 15.4. The summed E-state index contributed by atoms with van der Waals surface area (Å²) in [6, 6.07) is 4.16. The molecule has 0 saturated carbocycles. The number of hydrogen-bond donors (Lipinski definition) is 1. The summed E-state index contributed by atoms with van der Waals surface area (Å²) in [5.74, 6) is 0.918. The standard InChI is InChI=1S/C17H23N3O/c1-12-11-20-16(13(2)17(12)21-3)10-15(18)5-4-14-6-8-19-9-7-14/h6-9,11,15H,4-5,10,18H2,1-3H3. The molecule has 0 saturated heterocycles. The smallest absolute Gasteiger partial charge is 0.128 e. The number of aromatic nitrogens is 2. The molecule has 0 aromatic carbocycles. The lowest BCUT2D eigenvalue weighted by atomic mass is 10.00. The summed E-state index contributed by atoms with van der Waals surface area (Å²) >= 11 is 0. The molecule has 21 heavy (non-hydrogen) atoms. The lowest BCUT2D eigenvalue weighted by molar-refractivity contribution is 0.406. The summed E-state index contributed by atoms with van der Waals surface area (Å²) in [6.07, 6.45) is 8.16. The number of pyridine rings is 2. The monoisotopic (exact) mass is 285 g/mol.